The molecule has 0 aliphatic heterocycles. The Morgan fingerprint density at radius 1 is 1.56 bits per heavy atom. The monoisotopic (exact) mass is 289 g/mol. The number of phenols is 1. The number of methoxy groups -OCH3 is 1. The van der Waals surface area contributed by atoms with Gasteiger partial charge in [0.15, 0.2) is 11.5 Å². The van der Waals surface area contributed by atoms with Crippen LogP contribution in [0.2, 0.25) is 0 Å². The van der Waals surface area contributed by atoms with Gasteiger partial charge in [0.1, 0.15) is 5.82 Å². The van der Waals surface area contributed by atoms with E-state index in [0.29, 0.717) is 10.0 Å². The van der Waals surface area contributed by atoms with E-state index in [1.807, 2.05) is 0 Å². The first kappa shape index (κ1) is 11.7. The molecule has 3 N–H and O–H groups in total. The molecule has 88 valence electrons. The van der Waals surface area contributed by atoms with Crippen molar-refractivity contribution in [2.24, 2.45) is 5.73 Å². The van der Waals surface area contributed by atoms with Crippen LogP contribution >= 0.6 is 15.9 Å². The molecule has 1 fully saturated rings. The molecule has 0 bridgehead atoms. The van der Waals surface area contributed by atoms with E-state index in [0.717, 1.165) is 25.3 Å². The van der Waals surface area contributed by atoms with Crippen molar-refractivity contribution in [1.82, 2.24) is 0 Å². The molecule has 2 rings (SSSR count). The van der Waals surface area contributed by atoms with E-state index in [1.165, 1.54) is 7.11 Å². The van der Waals surface area contributed by atoms with E-state index < -0.39 is 11.4 Å². The quantitative estimate of drug-likeness (QED) is 0.880. The topological polar surface area (TPSA) is 55.5 Å². The Balaban J connectivity index is 2.60. The zero-order valence-corrected chi connectivity index (χ0v) is 10.5. The van der Waals surface area contributed by atoms with Gasteiger partial charge in [0, 0.05) is 17.2 Å². The third-order valence-electron chi connectivity index (χ3n) is 3.10. The minimum atomic E-state index is -0.635. The fraction of sp³-hybridized carbons (Fsp3) is 0.455. The lowest BCUT2D eigenvalue weighted by Crippen LogP contribution is -2.44. The van der Waals surface area contributed by atoms with E-state index in [-0.39, 0.29) is 11.5 Å². The third kappa shape index (κ3) is 1.58. The second-order valence-electron chi connectivity index (χ2n) is 4.11. The lowest BCUT2D eigenvalue weighted by Gasteiger charge is -2.39. The van der Waals surface area contributed by atoms with E-state index in [1.54, 1.807) is 0 Å². The molecule has 1 saturated carbocycles. The maximum Gasteiger partial charge on any atom is 0.175 e. The molecule has 5 heteroatoms. The van der Waals surface area contributed by atoms with Crippen molar-refractivity contribution in [2.75, 3.05) is 7.11 Å². The number of halogens is 2. The minimum absolute atomic E-state index is 0.224. The number of hydrogen-bond acceptors (Lipinski definition) is 3. The van der Waals surface area contributed by atoms with Crippen molar-refractivity contribution < 1.29 is 14.2 Å². The number of ether oxygens (including phenoxy) is 1. The highest BCUT2D eigenvalue weighted by molar-refractivity contribution is 9.10. The summed E-state index contributed by atoms with van der Waals surface area (Å²) in [5.41, 5.74) is 5.85. The third-order valence-corrected chi connectivity index (χ3v) is 3.86. The first-order valence-electron chi connectivity index (χ1n) is 5.04. The van der Waals surface area contributed by atoms with Crippen molar-refractivity contribution in [1.29, 1.82) is 0 Å². The van der Waals surface area contributed by atoms with Gasteiger partial charge in [-0.15, -0.1) is 0 Å². The second kappa shape index (κ2) is 3.89. The zero-order valence-electron chi connectivity index (χ0n) is 8.89. The summed E-state index contributed by atoms with van der Waals surface area (Å²) < 4.78 is 19.2. The minimum Gasteiger partial charge on any atom is -0.504 e. The summed E-state index contributed by atoms with van der Waals surface area (Å²) in [7, 11) is 1.42. The Labute approximate surface area is 102 Å². The fourth-order valence-electron chi connectivity index (χ4n) is 2.05. The standard InChI is InChI=1S/C11H13BrFNO2/c1-16-10-7(15)5-6(13)8(9(10)12)11(14)3-2-4-11/h5,15H,2-4,14H2,1H3. The van der Waals surface area contributed by atoms with Crippen LogP contribution in [0.3, 0.4) is 0 Å². The molecule has 0 heterocycles. The number of aromatic hydroxyl groups is 1. The molecule has 0 saturated heterocycles. The van der Waals surface area contributed by atoms with Crippen molar-refractivity contribution in [3.8, 4) is 11.5 Å². The summed E-state index contributed by atoms with van der Waals surface area (Å²) in [6.45, 7) is 0. The van der Waals surface area contributed by atoms with Crippen LogP contribution in [-0.4, -0.2) is 12.2 Å². The van der Waals surface area contributed by atoms with Gasteiger partial charge in [0.2, 0.25) is 0 Å². The summed E-state index contributed by atoms with van der Waals surface area (Å²) in [6.07, 6.45) is 2.48. The van der Waals surface area contributed by atoms with Gasteiger partial charge in [-0.3, -0.25) is 0 Å². The average Bonchev–Trinajstić information content (AvgIpc) is 2.14. The molecule has 0 amide bonds. The maximum absolute atomic E-state index is 13.8. The molecule has 0 atom stereocenters. The van der Waals surface area contributed by atoms with Crippen LogP contribution in [0.1, 0.15) is 24.8 Å². The zero-order chi connectivity index (χ0) is 11.9. The van der Waals surface area contributed by atoms with Gasteiger partial charge in [-0.05, 0) is 35.2 Å². The highest BCUT2D eigenvalue weighted by atomic mass is 79.9. The molecule has 0 spiro atoms. The van der Waals surface area contributed by atoms with Crippen LogP contribution in [0, 0.1) is 5.82 Å². The van der Waals surface area contributed by atoms with Crippen molar-refractivity contribution in [3.05, 3.63) is 21.9 Å². The van der Waals surface area contributed by atoms with Gasteiger partial charge in [0.05, 0.1) is 11.6 Å². The molecule has 0 unspecified atom stereocenters. The molecule has 3 nitrogen and oxygen atoms in total. The van der Waals surface area contributed by atoms with Gasteiger partial charge in [-0.1, -0.05) is 0 Å². The summed E-state index contributed by atoms with van der Waals surface area (Å²) in [5.74, 6) is -0.487. The van der Waals surface area contributed by atoms with Crippen LogP contribution in [0.4, 0.5) is 4.39 Å². The maximum atomic E-state index is 13.8. The molecule has 1 aromatic rings. The van der Waals surface area contributed by atoms with Crippen LogP contribution in [0.15, 0.2) is 10.5 Å². The fourth-order valence-corrected chi connectivity index (χ4v) is 3.00. The Morgan fingerprint density at radius 2 is 2.19 bits per heavy atom. The Bertz CT molecular complexity index is 432. The van der Waals surface area contributed by atoms with Crippen LogP contribution in [-0.2, 0) is 5.54 Å². The number of nitrogens with two attached hydrogens (primary N) is 1. The van der Waals surface area contributed by atoms with Crippen LogP contribution in [0.25, 0.3) is 0 Å². The highest BCUT2D eigenvalue weighted by Gasteiger charge is 2.39. The van der Waals surface area contributed by atoms with E-state index in [2.05, 4.69) is 15.9 Å². The van der Waals surface area contributed by atoms with E-state index in [4.69, 9.17) is 10.5 Å². The Kier molecular flexibility index (Phi) is 2.84. The lowest BCUT2D eigenvalue weighted by atomic mass is 9.72. The molecule has 16 heavy (non-hydrogen) atoms. The largest absolute Gasteiger partial charge is 0.504 e. The number of rotatable bonds is 2. The SMILES string of the molecule is COc1c(O)cc(F)c(C2(N)CCC2)c1Br. The van der Waals surface area contributed by atoms with Gasteiger partial charge >= 0.3 is 0 Å². The summed E-state index contributed by atoms with van der Waals surface area (Å²) in [4.78, 5) is 0. The van der Waals surface area contributed by atoms with Crippen LogP contribution < -0.4 is 10.5 Å². The van der Waals surface area contributed by atoms with Gasteiger partial charge in [-0.2, -0.15) is 0 Å². The smallest absolute Gasteiger partial charge is 0.175 e. The number of benzene rings is 1. The van der Waals surface area contributed by atoms with Gasteiger partial charge in [0.25, 0.3) is 0 Å². The van der Waals surface area contributed by atoms with Crippen molar-refractivity contribution >= 4 is 15.9 Å². The highest BCUT2D eigenvalue weighted by Crippen LogP contribution is 2.48. The van der Waals surface area contributed by atoms with Crippen molar-refractivity contribution in [2.45, 2.75) is 24.8 Å². The number of hydrogen-bond donors (Lipinski definition) is 2. The first-order chi connectivity index (χ1) is 7.49. The Hall–Kier alpha value is -0.810. The normalized spacial score (nSPS) is 18.0. The van der Waals surface area contributed by atoms with Gasteiger partial charge < -0.3 is 15.6 Å². The summed E-state index contributed by atoms with van der Waals surface area (Å²) >= 11 is 3.25. The molecular weight excluding hydrogens is 277 g/mol. The van der Waals surface area contributed by atoms with E-state index in [9.17, 15) is 9.50 Å². The molecule has 1 aliphatic carbocycles. The molecule has 1 aliphatic rings. The predicted octanol–water partition coefficient (Wildman–Crippen LogP) is 2.64. The first-order valence-corrected chi connectivity index (χ1v) is 5.83. The number of phenolic OH excluding ortho intramolecular Hbond substituents is 1. The summed E-state index contributed by atoms with van der Waals surface area (Å²) in [6, 6.07) is 1.05. The Morgan fingerprint density at radius 3 is 2.62 bits per heavy atom. The molecule has 0 aromatic heterocycles. The van der Waals surface area contributed by atoms with Crippen molar-refractivity contribution in [3.63, 3.8) is 0 Å². The molecular formula is C11H13BrFNO2. The molecule has 0 radical (unpaired) electrons. The predicted molar refractivity (Wildman–Crippen MR) is 62.0 cm³/mol. The second-order valence-corrected chi connectivity index (χ2v) is 4.90. The van der Waals surface area contributed by atoms with Crippen LogP contribution in [0.5, 0.6) is 11.5 Å². The van der Waals surface area contributed by atoms with E-state index >= 15 is 0 Å². The lowest BCUT2D eigenvalue weighted by molar-refractivity contribution is 0.241. The molecule has 1 aromatic carbocycles. The summed E-state index contributed by atoms with van der Waals surface area (Å²) in [5, 5.41) is 9.52. The van der Waals surface area contributed by atoms with Gasteiger partial charge in [-0.25, -0.2) is 4.39 Å². The average molecular weight is 290 g/mol.